The van der Waals surface area contributed by atoms with Gasteiger partial charge in [0.25, 0.3) is 0 Å². The SMILES string of the molecule is CCn1c(Cc2csc(Nc3ccc(OC)cc3)n2)nnc1SCC(N)=O. The second-order valence-corrected chi connectivity index (χ2v) is 7.37. The molecular formula is C17H20N6O2S2. The molecule has 0 radical (unpaired) electrons. The van der Waals surface area contributed by atoms with E-state index in [4.69, 9.17) is 10.5 Å². The third-order valence-corrected chi connectivity index (χ3v) is 5.48. The van der Waals surface area contributed by atoms with Gasteiger partial charge in [0, 0.05) is 17.6 Å². The van der Waals surface area contributed by atoms with Crippen LogP contribution >= 0.6 is 23.1 Å². The molecule has 0 saturated carbocycles. The fourth-order valence-electron chi connectivity index (χ4n) is 2.42. The highest BCUT2D eigenvalue weighted by molar-refractivity contribution is 7.99. The molecule has 0 spiro atoms. The zero-order valence-corrected chi connectivity index (χ0v) is 16.6. The van der Waals surface area contributed by atoms with Crippen molar-refractivity contribution in [3.63, 3.8) is 0 Å². The largest absolute Gasteiger partial charge is 0.497 e. The molecule has 0 fully saturated rings. The Morgan fingerprint density at radius 1 is 1.33 bits per heavy atom. The number of nitrogens with zero attached hydrogens (tertiary/aromatic N) is 4. The van der Waals surface area contributed by atoms with Gasteiger partial charge in [-0.15, -0.1) is 21.5 Å². The Morgan fingerprint density at radius 2 is 2.11 bits per heavy atom. The lowest BCUT2D eigenvalue weighted by molar-refractivity contribution is -0.115. The number of carbonyl (C=O) groups is 1. The lowest BCUT2D eigenvalue weighted by atomic mass is 10.3. The number of nitrogens with one attached hydrogen (secondary N) is 1. The molecule has 10 heteroatoms. The van der Waals surface area contributed by atoms with Gasteiger partial charge in [0.05, 0.1) is 25.0 Å². The van der Waals surface area contributed by atoms with Crippen LogP contribution in [-0.4, -0.2) is 38.5 Å². The van der Waals surface area contributed by atoms with Crippen LogP contribution in [0.3, 0.4) is 0 Å². The molecule has 0 saturated heterocycles. The van der Waals surface area contributed by atoms with Crippen molar-refractivity contribution < 1.29 is 9.53 Å². The first-order chi connectivity index (χ1) is 13.1. The number of amides is 1. The first-order valence-corrected chi connectivity index (χ1v) is 10.1. The van der Waals surface area contributed by atoms with Crippen LogP contribution in [0.25, 0.3) is 0 Å². The Morgan fingerprint density at radius 3 is 2.78 bits per heavy atom. The van der Waals surface area contributed by atoms with E-state index in [0.29, 0.717) is 18.1 Å². The van der Waals surface area contributed by atoms with E-state index >= 15 is 0 Å². The number of aromatic nitrogens is 4. The van der Waals surface area contributed by atoms with Crippen molar-refractivity contribution in [3.8, 4) is 5.75 Å². The van der Waals surface area contributed by atoms with Crippen LogP contribution in [0.5, 0.6) is 5.75 Å². The van der Waals surface area contributed by atoms with E-state index in [0.717, 1.165) is 28.1 Å². The molecule has 1 amide bonds. The fourth-order valence-corrected chi connectivity index (χ4v) is 3.91. The van der Waals surface area contributed by atoms with Gasteiger partial charge in [-0.3, -0.25) is 4.79 Å². The number of methoxy groups -OCH3 is 1. The minimum Gasteiger partial charge on any atom is -0.497 e. The monoisotopic (exact) mass is 404 g/mol. The Bertz CT molecular complexity index is 907. The number of primary amides is 1. The summed E-state index contributed by atoms with van der Waals surface area (Å²) in [4.78, 5) is 15.6. The average molecular weight is 405 g/mol. The molecule has 142 valence electrons. The van der Waals surface area contributed by atoms with E-state index < -0.39 is 0 Å². The number of ether oxygens (including phenoxy) is 1. The minimum atomic E-state index is -0.374. The Balaban J connectivity index is 1.67. The molecule has 8 nitrogen and oxygen atoms in total. The number of benzene rings is 1. The number of anilines is 2. The van der Waals surface area contributed by atoms with Crippen molar-refractivity contribution in [2.75, 3.05) is 18.2 Å². The number of thiazole rings is 1. The second-order valence-electron chi connectivity index (χ2n) is 5.57. The lowest BCUT2D eigenvalue weighted by Gasteiger charge is -2.05. The maximum Gasteiger partial charge on any atom is 0.227 e. The summed E-state index contributed by atoms with van der Waals surface area (Å²) >= 11 is 2.83. The molecule has 3 rings (SSSR count). The van der Waals surface area contributed by atoms with Gasteiger partial charge >= 0.3 is 0 Å². The zero-order valence-electron chi connectivity index (χ0n) is 15.0. The first-order valence-electron chi connectivity index (χ1n) is 8.27. The smallest absolute Gasteiger partial charge is 0.227 e. The highest BCUT2D eigenvalue weighted by Gasteiger charge is 2.14. The standard InChI is InChI=1S/C17H20N6O2S2/c1-3-23-15(21-22-17(23)27-10-14(18)24)8-12-9-26-16(20-12)19-11-4-6-13(25-2)7-5-11/h4-7,9H,3,8,10H2,1-2H3,(H2,18,24)(H,19,20). The van der Waals surface area contributed by atoms with E-state index in [1.807, 2.05) is 41.1 Å². The number of thioether (sulfide) groups is 1. The van der Waals surface area contributed by atoms with Crippen LogP contribution in [0, 0.1) is 0 Å². The summed E-state index contributed by atoms with van der Waals surface area (Å²) in [5.74, 6) is 1.43. The van der Waals surface area contributed by atoms with Crippen molar-refractivity contribution in [1.29, 1.82) is 0 Å². The molecule has 0 unspecified atom stereocenters. The van der Waals surface area contributed by atoms with E-state index in [2.05, 4.69) is 20.5 Å². The normalized spacial score (nSPS) is 10.7. The van der Waals surface area contributed by atoms with Gasteiger partial charge < -0.3 is 20.4 Å². The minimum absolute atomic E-state index is 0.185. The molecule has 0 aliphatic heterocycles. The summed E-state index contributed by atoms with van der Waals surface area (Å²) in [6, 6.07) is 7.67. The van der Waals surface area contributed by atoms with Crippen LogP contribution in [0.4, 0.5) is 10.8 Å². The predicted octanol–water partition coefficient (Wildman–Crippen LogP) is 2.67. The zero-order chi connectivity index (χ0) is 19.2. The molecule has 2 aromatic heterocycles. The van der Waals surface area contributed by atoms with Gasteiger partial charge in [-0.2, -0.15) is 0 Å². The van der Waals surface area contributed by atoms with Crippen molar-refractivity contribution in [2.45, 2.75) is 25.0 Å². The Hall–Kier alpha value is -2.59. The van der Waals surface area contributed by atoms with Gasteiger partial charge in [0.15, 0.2) is 10.3 Å². The van der Waals surface area contributed by atoms with Gasteiger partial charge in [-0.1, -0.05) is 11.8 Å². The van der Waals surface area contributed by atoms with Crippen LogP contribution in [0.1, 0.15) is 18.4 Å². The molecule has 27 heavy (non-hydrogen) atoms. The topological polar surface area (TPSA) is 108 Å². The number of hydrogen-bond donors (Lipinski definition) is 2. The second kappa shape index (κ2) is 8.87. The maximum atomic E-state index is 11.0. The number of nitrogens with two attached hydrogens (primary N) is 1. The van der Waals surface area contributed by atoms with Gasteiger partial charge in [-0.05, 0) is 31.2 Å². The van der Waals surface area contributed by atoms with Crippen molar-refractivity contribution >= 4 is 39.8 Å². The first kappa shape index (κ1) is 19.2. The molecule has 3 N–H and O–H groups in total. The number of rotatable bonds is 9. The number of hydrogen-bond acceptors (Lipinski definition) is 8. The molecule has 0 atom stereocenters. The number of carbonyl (C=O) groups excluding carboxylic acids is 1. The molecule has 3 aromatic rings. The molecule has 0 bridgehead atoms. The van der Waals surface area contributed by atoms with Crippen LogP contribution in [0.15, 0.2) is 34.8 Å². The summed E-state index contributed by atoms with van der Waals surface area (Å²) in [5, 5.41) is 15.2. The third-order valence-electron chi connectivity index (χ3n) is 3.69. The van der Waals surface area contributed by atoms with Gasteiger partial charge in [0.1, 0.15) is 11.6 Å². The van der Waals surface area contributed by atoms with Crippen molar-refractivity contribution in [3.05, 3.63) is 41.2 Å². The molecular weight excluding hydrogens is 384 g/mol. The maximum absolute atomic E-state index is 11.0. The summed E-state index contributed by atoms with van der Waals surface area (Å²) in [6.45, 7) is 2.73. The average Bonchev–Trinajstić information content (AvgIpc) is 3.27. The molecule has 0 aliphatic rings. The van der Waals surface area contributed by atoms with Crippen LogP contribution in [0.2, 0.25) is 0 Å². The predicted molar refractivity (Wildman–Crippen MR) is 107 cm³/mol. The van der Waals surface area contributed by atoms with E-state index in [9.17, 15) is 4.79 Å². The van der Waals surface area contributed by atoms with E-state index in [1.165, 1.54) is 23.1 Å². The Labute approximate surface area is 165 Å². The van der Waals surface area contributed by atoms with Gasteiger partial charge in [-0.25, -0.2) is 4.98 Å². The van der Waals surface area contributed by atoms with Crippen LogP contribution < -0.4 is 15.8 Å². The summed E-state index contributed by atoms with van der Waals surface area (Å²) in [6.07, 6.45) is 0.568. The van der Waals surface area contributed by atoms with Crippen molar-refractivity contribution in [1.82, 2.24) is 19.7 Å². The fraction of sp³-hybridized carbons (Fsp3) is 0.294. The molecule has 0 aliphatic carbocycles. The lowest BCUT2D eigenvalue weighted by Crippen LogP contribution is -2.14. The van der Waals surface area contributed by atoms with E-state index in [-0.39, 0.29) is 11.7 Å². The quantitative estimate of drug-likeness (QED) is 0.528. The van der Waals surface area contributed by atoms with Crippen molar-refractivity contribution in [2.24, 2.45) is 5.73 Å². The van der Waals surface area contributed by atoms with Crippen LogP contribution in [-0.2, 0) is 17.8 Å². The molecule has 1 aromatic carbocycles. The summed E-state index contributed by atoms with van der Waals surface area (Å²) in [7, 11) is 1.64. The van der Waals surface area contributed by atoms with Gasteiger partial charge in [0.2, 0.25) is 5.91 Å². The van der Waals surface area contributed by atoms with E-state index in [1.54, 1.807) is 7.11 Å². The Kier molecular flexibility index (Phi) is 6.30. The highest BCUT2D eigenvalue weighted by Crippen LogP contribution is 2.24. The third kappa shape index (κ3) is 4.98. The summed E-state index contributed by atoms with van der Waals surface area (Å²) < 4.78 is 7.14. The molecule has 2 heterocycles. The highest BCUT2D eigenvalue weighted by atomic mass is 32.2. The summed E-state index contributed by atoms with van der Waals surface area (Å²) in [5.41, 5.74) is 7.05.